The first-order valence-electron chi connectivity index (χ1n) is 11.2. The number of carbonyl (C=O) groups excluding carboxylic acids is 1. The van der Waals surface area contributed by atoms with Crippen molar-refractivity contribution in [3.63, 3.8) is 0 Å². The average Bonchev–Trinajstić information content (AvgIpc) is 2.81. The molecule has 31 heavy (non-hydrogen) atoms. The van der Waals surface area contributed by atoms with Gasteiger partial charge in [0.05, 0.1) is 29.8 Å². The van der Waals surface area contributed by atoms with E-state index < -0.39 is 0 Å². The lowest BCUT2D eigenvalue weighted by atomic mass is 10.0. The molecule has 2 aliphatic rings. The van der Waals surface area contributed by atoms with Crippen molar-refractivity contribution in [3.05, 3.63) is 58.2 Å². The number of hydrogen-bond donors (Lipinski definition) is 1. The molecule has 1 N–H and O–H groups in total. The second-order valence-corrected chi connectivity index (χ2v) is 8.77. The number of pyridine rings is 1. The normalized spacial score (nSPS) is 18.6. The molecular weight excluding hydrogens is 412 g/mol. The van der Waals surface area contributed by atoms with Gasteiger partial charge in [-0.3, -0.25) is 9.69 Å². The van der Waals surface area contributed by atoms with Crippen LogP contribution in [-0.4, -0.2) is 66.6 Å². The number of nitrogens with one attached hydrogen (secondary N) is 1. The van der Waals surface area contributed by atoms with Crippen molar-refractivity contribution in [2.24, 2.45) is 0 Å². The van der Waals surface area contributed by atoms with E-state index in [9.17, 15) is 4.79 Å². The fourth-order valence-electron chi connectivity index (χ4n) is 4.38. The molecule has 166 valence electrons. The van der Waals surface area contributed by atoms with Crippen molar-refractivity contribution >= 4 is 23.3 Å². The van der Waals surface area contributed by atoms with Crippen molar-refractivity contribution < 1.29 is 9.53 Å². The molecule has 3 heterocycles. The summed E-state index contributed by atoms with van der Waals surface area (Å²) < 4.78 is 5.55. The van der Waals surface area contributed by atoms with Crippen LogP contribution in [0, 0.1) is 6.92 Å². The fraction of sp³-hybridized carbons (Fsp3) is 0.500. The van der Waals surface area contributed by atoms with E-state index in [2.05, 4.69) is 46.4 Å². The van der Waals surface area contributed by atoms with Crippen LogP contribution in [0.15, 0.2) is 36.5 Å². The van der Waals surface area contributed by atoms with E-state index in [0.29, 0.717) is 22.9 Å². The third-order valence-electron chi connectivity index (χ3n) is 6.11. The average molecular weight is 443 g/mol. The van der Waals surface area contributed by atoms with Crippen LogP contribution in [0.4, 0.5) is 5.82 Å². The maximum absolute atomic E-state index is 12.7. The molecule has 1 amide bonds. The second kappa shape index (κ2) is 10.4. The molecule has 1 unspecified atom stereocenters. The highest BCUT2D eigenvalue weighted by molar-refractivity contribution is 6.33. The van der Waals surface area contributed by atoms with Crippen molar-refractivity contribution in [1.82, 2.24) is 14.8 Å². The maximum Gasteiger partial charge on any atom is 0.255 e. The molecule has 6 nitrogen and oxygen atoms in total. The number of nitrogens with zero attached hydrogens (tertiary/aromatic N) is 3. The van der Waals surface area contributed by atoms with Gasteiger partial charge in [0.1, 0.15) is 5.82 Å². The van der Waals surface area contributed by atoms with Crippen LogP contribution in [0.25, 0.3) is 0 Å². The molecule has 4 rings (SSSR count). The molecule has 1 aromatic carbocycles. The first kappa shape index (κ1) is 22.1. The number of piperidine rings is 1. The molecular formula is C24H31ClN4O2. The molecule has 2 saturated heterocycles. The molecule has 2 aliphatic heterocycles. The fourth-order valence-corrected chi connectivity index (χ4v) is 4.62. The van der Waals surface area contributed by atoms with Crippen molar-refractivity contribution in [2.75, 3.05) is 51.3 Å². The summed E-state index contributed by atoms with van der Waals surface area (Å²) in [7, 11) is 0. The van der Waals surface area contributed by atoms with Crippen molar-refractivity contribution in [1.29, 1.82) is 0 Å². The predicted molar refractivity (Wildman–Crippen MR) is 124 cm³/mol. The number of amides is 1. The number of benzene rings is 1. The van der Waals surface area contributed by atoms with Gasteiger partial charge in [-0.15, -0.1) is 0 Å². The summed E-state index contributed by atoms with van der Waals surface area (Å²) in [5.41, 5.74) is 3.07. The Morgan fingerprint density at radius 3 is 2.65 bits per heavy atom. The lowest BCUT2D eigenvalue weighted by molar-refractivity contribution is 0.0187. The van der Waals surface area contributed by atoms with Gasteiger partial charge in [0.15, 0.2) is 0 Å². The summed E-state index contributed by atoms with van der Waals surface area (Å²) in [6.07, 6.45) is 4.96. The topological polar surface area (TPSA) is 57.7 Å². The van der Waals surface area contributed by atoms with Gasteiger partial charge in [-0.05, 0) is 37.8 Å². The first-order valence-corrected chi connectivity index (χ1v) is 11.6. The highest BCUT2D eigenvalue weighted by Gasteiger charge is 2.24. The lowest BCUT2D eigenvalue weighted by Crippen LogP contribution is -2.41. The Hall–Kier alpha value is -2.15. The van der Waals surface area contributed by atoms with Crippen LogP contribution >= 0.6 is 11.6 Å². The van der Waals surface area contributed by atoms with Crippen molar-refractivity contribution in [3.8, 4) is 0 Å². The smallest absolute Gasteiger partial charge is 0.255 e. The van der Waals surface area contributed by atoms with Crippen LogP contribution < -0.4 is 5.32 Å². The number of halogens is 1. The molecule has 1 atom stereocenters. The summed E-state index contributed by atoms with van der Waals surface area (Å²) >= 11 is 6.52. The van der Waals surface area contributed by atoms with Gasteiger partial charge in [0.2, 0.25) is 0 Å². The van der Waals surface area contributed by atoms with Gasteiger partial charge in [0, 0.05) is 38.9 Å². The van der Waals surface area contributed by atoms with Gasteiger partial charge < -0.3 is 15.0 Å². The van der Waals surface area contributed by atoms with Gasteiger partial charge in [-0.1, -0.05) is 41.4 Å². The third kappa shape index (κ3) is 5.56. The van der Waals surface area contributed by atoms with Crippen LogP contribution in [0.5, 0.6) is 0 Å². The van der Waals surface area contributed by atoms with Gasteiger partial charge in [-0.25, -0.2) is 4.98 Å². The third-order valence-corrected chi connectivity index (χ3v) is 6.40. The SMILES string of the molecule is Cc1cccc(C(CNc2ncc(C(=O)N3CCCCC3)cc2Cl)N2CCOCC2)c1. The van der Waals surface area contributed by atoms with Crippen molar-refractivity contribution in [2.45, 2.75) is 32.2 Å². The van der Waals surface area contributed by atoms with Crippen LogP contribution in [0.2, 0.25) is 5.02 Å². The number of aromatic nitrogens is 1. The number of ether oxygens (including phenoxy) is 1. The Labute approximate surface area is 189 Å². The van der Waals surface area contributed by atoms with Gasteiger partial charge in [0.25, 0.3) is 5.91 Å². The number of rotatable bonds is 6. The Kier molecular flexibility index (Phi) is 7.43. The summed E-state index contributed by atoms with van der Waals surface area (Å²) in [6.45, 7) is 7.69. The van der Waals surface area contributed by atoms with Crippen LogP contribution in [0.3, 0.4) is 0 Å². The Balaban J connectivity index is 1.47. The van der Waals surface area contributed by atoms with Crippen LogP contribution in [0.1, 0.15) is 46.8 Å². The molecule has 0 aliphatic carbocycles. The molecule has 7 heteroatoms. The highest BCUT2D eigenvalue weighted by Crippen LogP contribution is 2.26. The summed E-state index contributed by atoms with van der Waals surface area (Å²) in [4.78, 5) is 21.6. The Morgan fingerprint density at radius 1 is 1.16 bits per heavy atom. The zero-order valence-corrected chi connectivity index (χ0v) is 18.9. The van der Waals surface area contributed by atoms with E-state index in [1.807, 2.05) is 4.90 Å². The lowest BCUT2D eigenvalue weighted by Gasteiger charge is -2.35. The second-order valence-electron chi connectivity index (χ2n) is 8.37. The standard InChI is InChI=1S/C24H31ClN4O2/c1-18-6-5-7-19(14-18)22(28-10-12-31-13-11-28)17-27-23-21(25)15-20(16-26-23)24(30)29-8-3-2-4-9-29/h5-7,14-16,22H,2-4,8-13,17H2,1H3,(H,26,27). The monoisotopic (exact) mass is 442 g/mol. The van der Waals surface area contributed by atoms with E-state index in [-0.39, 0.29) is 11.9 Å². The Morgan fingerprint density at radius 2 is 1.94 bits per heavy atom. The zero-order valence-electron chi connectivity index (χ0n) is 18.1. The molecule has 2 aromatic rings. The highest BCUT2D eigenvalue weighted by atomic mass is 35.5. The molecule has 0 saturated carbocycles. The minimum absolute atomic E-state index is 0.0200. The van der Waals surface area contributed by atoms with E-state index in [0.717, 1.165) is 52.2 Å². The quantitative estimate of drug-likeness (QED) is 0.728. The molecule has 2 fully saturated rings. The van der Waals surface area contributed by atoms with E-state index in [4.69, 9.17) is 16.3 Å². The maximum atomic E-state index is 12.7. The first-order chi connectivity index (χ1) is 15.1. The number of hydrogen-bond acceptors (Lipinski definition) is 5. The number of likely N-dealkylation sites (tertiary alicyclic amines) is 1. The Bertz CT molecular complexity index is 895. The van der Waals surface area contributed by atoms with E-state index >= 15 is 0 Å². The zero-order chi connectivity index (χ0) is 21.6. The number of carbonyl (C=O) groups is 1. The van der Waals surface area contributed by atoms with E-state index in [1.165, 1.54) is 17.5 Å². The number of morpholine rings is 1. The number of anilines is 1. The summed E-state index contributed by atoms with van der Waals surface area (Å²) in [6, 6.07) is 10.6. The molecule has 1 aromatic heterocycles. The molecule has 0 spiro atoms. The summed E-state index contributed by atoms with van der Waals surface area (Å²) in [5.74, 6) is 0.634. The summed E-state index contributed by atoms with van der Waals surface area (Å²) in [5, 5.41) is 3.90. The van der Waals surface area contributed by atoms with Gasteiger partial charge >= 0.3 is 0 Å². The van der Waals surface area contributed by atoms with E-state index in [1.54, 1.807) is 12.3 Å². The molecule has 0 bridgehead atoms. The molecule has 0 radical (unpaired) electrons. The predicted octanol–water partition coefficient (Wildman–Crippen LogP) is 4.15. The van der Waals surface area contributed by atoms with Gasteiger partial charge in [-0.2, -0.15) is 0 Å². The minimum atomic E-state index is 0.0200. The number of aryl methyl sites for hydroxylation is 1. The van der Waals surface area contributed by atoms with Crippen LogP contribution in [-0.2, 0) is 4.74 Å². The minimum Gasteiger partial charge on any atom is -0.379 e. The largest absolute Gasteiger partial charge is 0.379 e.